The van der Waals surface area contributed by atoms with Gasteiger partial charge in [-0.1, -0.05) is 18.2 Å². The summed E-state index contributed by atoms with van der Waals surface area (Å²) in [5.41, 5.74) is 0. The molecule has 3 heterocycles. The van der Waals surface area contributed by atoms with Gasteiger partial charge in [0.05, 0.1) is 18.8 Å². The Hall–Kier alpha value is -1.26. The van der Waals surface area contributed by atoms with E-state index in [0.29, 0.717) is 19.8 Å². The zero-order valence-electron chi connectivity index (χ0n) is 19.8. The molecule has 1 aromatic carbocycles. The molecule has 0 amide bonds. The van der Waals surface area contributed by atoms with Gasteiger partial charge in [-0.3, -0.25) is 0 Å². The van der Waals surface area contributed by atoms with E-state index in [1.54, 1.807) is 0 Å². The molecule has 3 aliphatic heterocycles. The third-order valence-corrected chi connectivity index (χ3v) is 7.17. The van der Waals surface area contributed by atoms with Crippen LogP contribution in [0.4, 0.5) is 0 Å². The maximum absolute atomic E-state index is 10.5. The number of aliphatic hydroxyl groups excluding tert-OH is 1. The van der Waals surface area contributed by atoms with Crippen molar-refractivity contribution in [2.75, 3.05) is 26.4 Å². The van der Waals surface area contributed by atoms with Gasteiger partial charge in [0, 0.05) is 19.1 Å². The average Bonchev–Trinajstić information content (AvgIpc) is 3.41. The van der Waals surface area contributed by atoms with Gasteiger partial charge in [-0.25, -0.2) is 0 Å². The third kappa shape index (κ3) is 6.29. The second-order valence-corrected chi connectivity index (χ2v) is 9.67. The van der Waals surface area contributed by atoms with Crippen molar-refractivity contribution in [3.63, 3.8) is 0 Å². The first-order chi connectivity index (χ1) is 16.8. The summed E-state index contributed by atoms with van der Waals surface area (Å²) in [5.74, 6) is 0.775. The minimum Gasteiger partial charge on any atom is -0.491 e. The van der Waals surface area contributed by atoms with Gasteiger partial charge in [-0.2, -0.15) is 0 Å². The zero-order valence-corrected chi connectivity index (χ0v) is 19.8. The Kier molecular flexibility index (Phi) is 8.71. The lowest BCUT2D eigenvalue weighted by Gasteiger charge is -2.32. The molecule has 1 aliphatic carbocycles. The Balaban J connectivity index is 1.18. The van der Waals surface area contributed by atoms with Crippen molar-refractivity contribution < 1.29 is 38.3 Å². The van der Waals surface area contributed by atoms with Gasteiger partial charge < -0.3 is 38.3 Å². The molecule has 0 aromatic heterocycles. The minimum absolute atomic E-state index is 0.0258. The number of para-hydroxylation sites is 1. The van der Waals surface area contributed by atoms with Crippen molar-refractivity contribution >= 4 is 0 Å². The number of ether oxygens (including phenoxy) is 7. The van der Waals surface area contributed by atoms with Crippen LogP contribution in [0.3, 0.4) is 0 Å². The topological polar surface area (TPSA) is 84.8 Å². The van der Waals surface area contributed by atoms with Gasteiger partial charge in [0.1, 0.15) is 24.6 Å². The summed E-state index contributed by atoms with van der Waals surface area (Å²) in [5, 5.41) is 10.5. The van der Waals surface area contributed by atoms with E-state index in [0.717, 1.165) is 63.7 Å². The van der Waals surface area contributed by atoms with Gasteiger partial charge in [-0.05, 0) is 63.5 Å². The summed E-state index contributed by atoms with van der Waals surface area (Å²) in [7, 11) is 0. The van der Waals surface area contributed by atoms with Crippen LogP contribution in [0, 0.1) is 5.92 Å². The number of hydrogen-bond acceptors (Lipinski definition) is 8. The van der Waals surface area contributed by atoms with E-state index in [-0.39, 0.29) is 36.8 Å². The van der Waals surface area contributed by atoms with E-state index in [2.05, 4.69) is 0 Å². The highest BCUT2D eigenvalue weighted by Gasteiger charge is 2.53. The normalized spacial score (nSPS) is 36.8. The Morgan fingerprint density at radius 2 is 1.65 bits per heavy atom. The molecule has 1 aromatic rings. The molecule has 34 heavy (non-hydrogen) atoms. The molecule has 6 unspecified atom stereocenters. The molecule has 8 nitrogen and oxygen atoms in total. The number of fused-ring (bicyclic) bond motifs is 1. The minimum atomic E-state index is -0.948. The van der Waals surface area contributed by atoms with E-state index in [9.17, 15) is 5.11 Å². The van der Waals surface area contributed by atoms with E-state index >= 15 is 0 Å². The lowest BCUT2D eigenvalue weighted by molar-refractivity contribution is -0.237. The number of benzene rings is 1. The van der Waals surface area contributed by atoms with Gasteiger partial charge in [0.2, 0.25) is 0 Å². The fraction of sp³-hybridized carbons (Fsp3) is 0.769. The molecule has 0 radical (unpaired) electrons. The molecule has 1 N–H and O–H groups in total. The molecule has 5 rings (SSSR count). The standard InChI is InChI=1S/C26H38O8/c27-26-25(34-23-11-5-7-15-29-23)24-20(12-13-21(24)33-26)31-17-19(32-22-10-4-6-14-28-22)16-30-18-8-2-1-3-9-18/h1-3,8-9,19-27H,4-7,10-17H2/t19?,20?,21-,22?,23?,24+,25?,26?/m0/s1. The highest BCUT2D eigenvalue weighted by molar-refractivity contribution is 5.20. The van der Waals surface area contributed by atoms with Gasteiger partial charge >= 0.3 is 0 Å². The molecule has 190 valence electrons. The smallest absolute Gasteiger partial charge is 0.182 e. The van der Waals surface area contributed by atoms with Crippen LogP contribution in [-0.2, 0) is 28.4 Å². The SMILES string of the molecule is OC1O[C@H]2CCC(OCC(COc3ccccc3)OC3CCCCO3)[C@H]2C1OC1CCCCO1. The lowest BCUT2D eigenvalue weighted by Crippen LogP contribution is -2.42. The van der Waals surface area contributed by atoms with Crippen molar-refractivity contribution in [2.45, 2.75) is 94.7 Å². The second-order valence-electron chi connectivity index (χ2n) is 9.67. The summed E-state index contributed by atoms with van der Waals surface area (Å²) in [6.07, 6.45) is 5.43. The molecule has 4 aliphatic rings. The highest BCUT2D eigenvalue weighted by atomic mass is 16.7. The summed E-state index contributed by atoms with van der Waals surface area (Å²) >= 11 is 0. The molecular formula is C26H38O8. The lowest BCUT2D eigenvalue weighted by atomic mass is 9.98. The van der Waals surface area contributed by atoms with Crippen molar-refractivity contribution in [1.29, 1.82) is 0 Å². The predicted molar refractivity (Wildman–Crippen MR) is 122 cm³/mol. The monoisotopic (exact) mass is 478 g/mol. The number of rotatable bonds is 10. The average molecular weight is 479 g/mol. The molecule has 8 atom stereocenters. The van der Waals surface area contributed by atoms with Crippen LogP contribution in [0.15, 0.2) is 30.3 Å². The first kappa shape index (κ1) is 24.4. The maximum Gasteiger partial charge on any atom is 0.182 e. The summed E-state index contributed by atoms with van der Waals surface area (Å²) in [6.45, 7) is 2.18. The van der Waals surface area contributed by atoms with Crippen LogP contribution in [0.2, 0.25) is 0 Å². The fourth-order valence-corrected chi connectivity index (χ4v) is 5.42. The van der Waals surface area contributed by atoms with Crippen LogP contribution in [0.1, 0.15) is 51.4 Å². The quantitative estimate of drug-likeness (QED) is 0.548. The Morgan fingerprint density at radius 1 is 0.882 bits per heavy atom. The van der Waals surface area contributed by atoms with E-state index < -0.39 is 12.4 Å². The van der Waals surface area contributed by atoms with Crippen molar-refractivity contribution in [2.24, 2.45) is 5.92 Å². The Morgan fingerprint density at radius 3 is 2.38 bits per heavy atom. The van der Waals surface area contributed by atoms with Crippen molar-refractivity contribution in [1.82, 2.24) is 0 Å². The van der Waals surface area contributed by atoms with Crippen LogP contribution in [0.5, 0.6) is 5.75 Å². The van der Waals surface area contributed by atoms with Crippen molar-refractivity contribution in [3.8, 4) is 5.75 Å². The molecular weight excluding hydrogens is 440 g/mol. The molecule has 3 saturated heterocycles. The first-order valence-corrected chi connectivity index (χ1v) is 12.9. The molecule has 0 bridgehead atoms. The van der Waals surface area contributed by atoms with Crippen LogP contribution >= 0.6 is 0 Å². The summed E-state index contributed by atoms with van der Waals surface area (Å²) in [4.78, 5) is 0. The highest BCUT2D eigenvalue weighted by Crippen LogP contribution is 2.42. The van der Waals surface area contributed by atoms with Gasteiger partial charge in [0.25, 0.3) is 0 Å². The van der Waals surface area contributed by atoms with E-state index in [4.69, 9.17) is 33.2 Å². The third-order valence-electron chi connectivity index (χ3n) is 7.17. The van der Waals surface area contributed by atoms with Gasteiger partial charge in [0.15, 0.2) is 18.9 Å². The van der Waals surface area contributed by atoms with E-state index in [1.165, 1.54) is 0 Å². The Bertz CT molecular complexity index is 721. The zero-order chi connectivity index (χ0) is 23.2. The largest absolute Gasteiger partial charge is 0.491 e. The predicted octanol–water partition coefficient (Wildman–Crippen LogP) is 3.40. The molecule has 0 spiro atoms. The van der Waals surface area contributed by atoms with Crippen LogP contribution in [0.25, 0.3) is 0 Å². The van der Waals surface area contributed by atoms with Crippen LogP contribution in [-0.4, -0.2) is 74.8 Å². The number of aliphatic hydroxyl groups is 1. The first-order valence-electron chi connectivity index (χ1n) is 12.9. The maximum atomic E-state index is 10.5. The molecule has 4 fully saturated rings. The fourth-order valence-electron chi connectivity index (χ4n) is 5.42. The van der Waals surface area contributed by atoms with Crippen molar-refractivity contribution in [3.05, 3.63) is 30.3 Å². The number of hydrogen-bond donors (Lipinski definition) is 1. The Labute approximate surface area is 201 Å². The van der Waals surface area contributed by atoms with E-state index in [1.807, 2.05) is 30.3 Å². The molecule has 8 heteroatoms. The van der Waals surface area contributed by atoms with Gasteiger partial charge in [-0.15, -0.1) is 0 Å². The van der Waals surface area contributed by atoms with Crippen LogP contribution < -0.4 is 4.74 Å². The molecule has 1 saturated carbocycles. The summed E-state index contributed by atoms with van der Waals surface area (Å²) < 4.78 is 42.2. The second kappa shape index (κ2) is 12.1. The summed E-state index contributed by atoms with van der Waals surface area (Å²) in [6, 6.07) is 9.73.